The Morgan fingerprint density at radius 3 is 1.71 bits per heavy atom. The summed E-state index contributed by atoms with van der Waals surface area (Å²) in [6, 6.07) is 21.6. The zero-order valence-corrected chi connectivity index (χ0v) is 32.3. The van der Waals surface area contributed by atoms with Gasteiger partial charge in [-0.1, -0.05) is 140 Å². The van der Waals surface area contributed by atoms with E-state index in [1.165, 1.54) is 10.8 Å². The van der Waals surface area contributed by atoms with Gasteiger partial charge >= 0.3 is 0 Å². The predicted molar refractivity (Wildman–Crippen MR) is 192 cm³/mol. The van der Waals surface area contributed by atoms with Gasteiger partial charge in [0.1, 0.15) is 6.10 Å². The lowest BCUT2D eigenvalue weighted by Crippen LogP contribution is -2.63. The van der Waals surface area contributed by atoms with Crippen LogP contribution in [-0.4, -0.2) is 43.5 Å². The van der Waals surface area contributed by atoms with Crippen molar-refractivity contribution in [1.82, 2.24) is 0 Å². The van der Waals surface area contributed by atoms with Crippen molar-refractivity contribution in [2.24, 2.45) is 0 Å². The molecule has 0 aliphatic carbocycles. The highest BCUT2D eigenvalue weighted by atomic mass is 28.4. The van der Waals surface area contributed by atoms with Crippen molar-refractivity contribution >= 4 is 29.9 Å². The Hall–Kier alpha value is -1.29. The van der Waals surface area contributed by atoms with Crippen LogP contribution in [0.15, 0.2) is 73.3 Å². The smallest absolute Gasteiger partial charge is 0.192 e. The number of hydrogen-bond donors (Lipinski definition) is 0. The summed E-state index contributed by atoms with van der Waals surface area (Å²) in [6.07, 6.45) is 3.87. The average molecular weight is 627 g/mol. The van der Waals surface area contributed by atoms with E-state index in [1.807, 2.05) is 0 Å². The van der Waals surface area contributed by atoms with Crippen LogP contribution < -0.4 is 5.19 Å². The van der Waals surface area contributed by atoms with Crippen LogP contribution in [0.25, 0.3) is 0 Å². The summed E-state index contributed by atoms with van der Waals surface area (Å²) >= 11 is 0. The van der Waals surface area contributed by atoms with Crippen LogP contribution >= 0.6 is 0 Å². The molecule has 236 valence electrons. The molecule has 0 saturated carbocycles. The molecule has 0 N–H and O–H groups in total. The van der Waals surface area contributed by atoms with Crippen molar-refractivity contribution in [2.45, 2.75) is 135 Å². The van der Waals surface area contributed by atoms with E-state index in [4.69, 9.17) is 13.6 Å². The van der Waals surface area contributed by atoms with Gasteiger partial charge in [-0.3, -0.25) is 0 Å². The molecule has 0 fully saturated rings. The monoisotopic (exact) mass is 626 g/mol. The van der Waals surface area contributed by atoms with Gasteiger partial charge in [0, 0.05) is 5.04 Å². The molecule has 0 aromatic heterocycles. The number of benzene rings is 2. The molecule has 0 aliphatic heterocycles. The first-order valence-electron chi connectivity index (χ1n) is 15.9. The summed E-state index contributed by atoms with van der Waals surface area (Å²) in [5.74, 6) is 0. The minimum Gasteiger partial charge on any atom is -0.414 e. The molecule has 2 aromatic rings. The molecular weight excluding hydrogens is 565 g/mol. The van der Waals surface area contributed by atoms with Crippen LogP contribution in [-0.2, 0) is 20.2 Å². The Labute approximate surface area is 262 Å². The molecule has 0 saturated heterocycles. The molecule has 2 aromatic carbocycles. The van der Waals surface area contributed by atoms with Crippen LogP contribution in [0.2, 0.25) is 54.4 Å². The fourth-order valence-corrected chi connectivity index (χ4v) is 11.7. The number of hydrogen-bond acceptors (Lipinski definition) is 3. The van der Waals surface area contributed by atoms with Crippen LogP contribution in [0, 0.1) is 0 Å². The van der Waals surface area contributed by atoms with E-state index < -0.39 is 24.7 Å². The van der Waals surface area contributed by atoms with Gasteiger partial charge in [-0.15, -0.1) is 6.58 Å². The minimum absolute atomic E-state index is 0.0487. The summed E-state index contributed by atoms with van der Waals surface area (Å²) in [5, 5.41) is 1.31. The van der Waals surface area contributed by atoms with E-state index in [0.29, 0.717) is 13.2 Å². The number of ether oxygens (including phenoxy) is 1. The second-order valence-corrected chi connectivity index (χ2v) is 30.0. The summed E-state index contributed by atoms with van der Waals surface area (Å²) in [5.41, 5.74) is 1.17. The van der Waals surface area contributed by atoms with Crippen molar-refractivity contribution in [3.63, 3.8) is 0 Å². The highest BCUT2D eigenvalue weighted by molar-refractivity contribution is 6.93. The first-order chi connectivity index (χ1) is 19.3. The normalized spacial score (nSPS) is 16.5. The Morgan fingerprint density at radius 2 is 1.26 bits per heavy atom. The third kappa shape index (κ3) is 8.45. The Balaban J connectivity index is 2.80. The first-order valence-corrected chi connectivity index (χ1v) is 24.7. The first kappa shape index (κ1) is 36.9. The van der Waals surface area contributed by atoms with Crippen LogP contribution in [0.4, 0.5) is 0 Å². The fraction of sp³-hybridized carbons (Fsp3) is 0.611. The molecule has 0 heterocycles. The van der Waals surface area contributed by atoms with Gasteiger partial charge in [0.2, 0.25) is 0 Å². The zero-order chi connectivity index (χ0) is 32.0. The second-order valence-electron chi connectivity index (χ2n) is 15.7. The van der Waals surface area contributed by atoms with Crippen LogP contribution in [0.5, 0.6) is 0 Å². The number of rotatable bonds is 15. The SMILES string of the molecule is C=C[C@](CCC)([C@H](O[Si](C)(C)C(C)(C)C)[C@H](CO[Si](C)(C)C(C)(C)C)OCc1ccccc1)[Si](C)(C)c1ccccc1. The maximum absolute atomic E-state index is 7.63. The summed E-state index contributed by atoms with van der Waals surface area (Å²) < 4.78 is 21.6. The molecule has 3 atom stereocenters. The maximum Gasteiger partial charge on any atom is 0.192 e. The minimum atomic E-state index is -2.24. The van der Waals surface area contributed by atoms with Gasteiger partial charge in [-0.25, -0.2) is 0 Å². The van der Waals surface area contributed by atoms with E-state index in [-0.39, 0.29) is 27.3 Å². The molecule has 2 rings (SSSR count). The zero-order valence-electron chi connectivity index (χ0n) is 29.3. The molecule has 0 spiro atoms. The largest absolute Gasteiger partial charge is 0.414 e. The standard InChI is InChI=1S/C36H62O3Si3/c1-15-27-36(16-2,40(9,10)31-25-21-18-22-26-31)33(39-42(13,14)35(6,7)8)32(29-38-41(11,12)34(3,4)5)37-28-30-23-19-17-20-24-30/h16-26,32-33H,2,15,27-29H2,1,3-14H3/t32-,33+,36-/m0/s1. The van der Waals surface area contributed by atoms with E-state index in [9.17, 15) is 0 Å². The third-order valence-corrected chi connectivity index (χ3v) is 24.3. The topological polar surface area (TPSA) is 27.7 Å². The quantitative estimate of drug-likeness (QED) is 0.145. The van der Waals surface area contributed by atoms with Gasteiger partial charge in [0.05, 0.1) is 27.4 Å². The lowest BCUT2D eigenvalue weighted by molar-refractivity contribution is -0.0750. The second kappa shape index (κ2) is 14.2. The lowest BCUT2D eigenvalue weighted by atomic mass is 9.91. The molecular formula is C36H62O3Si3. The van der Waals surface area contributed by atoms with Gasteiger partial charge in [-0.05, 0) is 48.2 Å². The van der Waals surface area contributed by atoms with Crippen molar-refractivity contribution < 1.29 is 13.6 Å². The summed E-state index contributed by atoms with van der Waals surface area (Å²) in [7, 11) is -6.52. The molecule has 42 heavy (non-hydrogen) atoms. The van der Waals surface area contributed by atoms with E-state index in [1.54, 1.807) is 0 Å². The molecule has 3 nitrogen and oxygen atoms in total. The Bertz CT molecular complexity index is 1100. The fourth-order valence-electron chi connectivity index (χ4n) is 5.34. The molecule has 0 bridgehead atoms. The van der Waals surface area contributed by atoms with Crippen molar-refractivity contribution in [1.29, 1.82) is 0 Å². The molecule has 6 heteroatoms. The van der Waals surface area contributed by atoms with E-state index >= 15 is 0 Å². The molecule has 0 amide bonds. The molecule has 0 unspecified atom stereocenters. The highest BCUT2D eigenvalue weighted by Gasteiger charge is 2.56. The molecule has 0 radical (unpaired) electrons. The van der Waals surface area contributed by atoms with Gasteiger partial charge in [-0.2, -0.15) is 0 Å². The van der Waals surface area contributed by atoms with Crippen LogP contribution in [0.1, 0.15) is 66.9 Å². The van der Waals surface area contributed by atoms with Crippen LogP contribution in [0.3, 0.4) is 0 Å². The predicted octanol–water partition coefficient (Wildman–Crippen LogP) is 10.3. The molecule has 0 aliphatic rings. The highest BCUT2D eigenvalue weighted by Crippen LogP contribution is 2.53. The van der Waals surface area contributed by atoms with Gasteiger partial charge in [0.25, 0.3) is 0 Å². The van der Waals surface area contributed by atoms with Crippen molar-refractivity contribution in [2.75, 3.05) is 6.61 Å². The lowest BCUT2D eigenvalue weighted by Gasteiger charge is -2.54. The van der Waals surface area contributed by atoms with Gasteiger partial charge in [0.15, 0.2) is 16.6 Å². The van der Waals surface area contributed by atoms with E-state index in [0.717, 1.165) is 12.8 Å². The summed E-state index contributed by atoms with van der Waals surface area (Å²) in [6.45, 7) is 36.3. The van der Waals surface area contributed by atoms with E-state index in [2.05, 4.69) is 161 Å². The van der Waals surface area contributed by atoms with Crippen molar-refractivity contribution in [3.8, 4) is 0 Å². The van der Waals surface area contributed by atoms with Crippen molar-refractivity contribution in [3.05, 3.63) is 78.9 Å². The third-order valence-electron chi connectivity index (χ3n) is 10.5. The maximum atomic E-state index is 7.63. The Morgan fingerprint density at radius 1 is 0.762 bits per heavy atom. The average Bonchev–Trinajstić information content (AvgIpc) is 2.90. The Kier molecular flexibility index (Phi) is 12.5. The van der Waals surface area contributed by atoms with Gasteiger partial charge < -0.3 is 13.6 Å². The summed E-state index contributed by atoms with van der Waals surface area (Å²) in [4.78, 5) is 0.